The molecule has 0 radical (unpaired) electrons. The minimum atomic E-state index is 0.127. The van der Waals surface area contributed by atoms with E-state index in [1.807, 2.05) is 22.6 Å². The van der Waals surface area contributed by atoms with Crippen molar-refractivity contribution in [2.75, 3.05) is 31.1 Å². The average molecular weight is 445 g/mol. The molecule has 1 saturated heterocycles. The SMILES string of the molecule is Cc1ccc(-n2nc(C)c3cc(C(=O)N4CCN(c5cc(C)ccc5C)CC4)sc32)cc1. The van der Waals surface area contributed by atoms with Crippen molar-refractivity contribution in [2.24, 2.45) is 0 Å². The molecule has 0 bridgehead atoms. The summed E-state index contributed by atoms with van der Waals surface area (Å²) in [7, 11) is 0. The Hall–Kier alpha value is -3.12. The van der Waals surface area contributed by atoms with Gasteiger partial charge in [0.25, 0.3) is 5.91 Å². The Balaban J connectivity index is 1.36. The van der Waals surface area contributed by atoms with Crippen molar-refractivity contribution < 1.29 is 4.79 Å². The summed E-state index contributed by atoms with van der Waals surface area (Å²) in [6.07, 6.45) is 0. The molecule has 0 unspecified atom stereocenters. The molecule has 164 valence electrons. The quantitative estimate of drug-likeness (QED) is 0.432. The summed E-state index contributed by atoms with van der Waals surface area (Å²) < 4.78 is 1.96. The van der Waals surface area contributed by atoms with Gasteiger partial charge in [-0.2, -0.15) is 5.10 Å². The number of thiophene rings is 1. The highest BCUT2D eigenvalue weighted by Crippen LogP contribution is 2.32. The third-order valence-corrected chi connectivity index (χ3v) is 7.40. The molecule has 0 spiro atoms. The van der Waals surface area contributed by atoms with Gasteiger partial charge in [-0.3, -0.25) is 4.79 Å². The molecule has 5 nitrogen and oxygen atoms in total. The number of aromatic nitrogens is 2. The van der Waals surface area contributed by atoms with Crippen molar-refractivity contribution in [3.8, 4) is 5.69 Å². The van der Waals surface area contributed by atoms with Crippen LogP contribution in [0.4, 0.5) is 5.69 Å². The summed E-state index contributed by atoms with van der Waals surface area (Å²) in [6, 6.07) is 16.9. The van der Waals surface area contributed by atoms with Crippen LogP contribution in [-0.4, -0.2) is 46.8 Å². The van der Waals surface area contributed by atoms with Gasteiger partial charge in [0.05, 0.1) is 16.3 Å². The van der Waals surface area contributed by atoms with Crippen molar-refractivity contribution in [3.05, 3.63) is 75.8 Å². The Bertz CT molecular complexity index is 1290. The van der Waals surface area contributed by atoms with Crippen LogP contribution < -0.4 is 4.90 Å². The van der Waals surface area contributed by atoms with E-state index in [1.54, 1.807) is 11.3 Å². The van der Waals surface area contributed by atoms with E-state index in [2.05, 4.69) is 68.1 Å². The van der Waals surface area contributed by atoms with E-state index in [0.717, 1.165) is 52.7 Å². The maximum atomic E-state index is 13.3. The predicted molar refractivity (Wildman–Crippen MR) is 132 cm³/mol. The van der Waals surface area contributed by atoms with Gasteiger partial charge in [-0.05, 0) is 63.1 Å². The minimum absolute atomic E-state index is 0.127. The Morgan fingerprint density at radius 2 is 1.56 bits per heavy atom. The van der Waals surface area contributed by atoms with Crippen LogP contribution in [0, 0.1) is 27.7 Å². The second-order valence-electron chi connectivity index (χ2n) is 8.73. The number of carbonyl (C=O) groups is 1. The van der Waals surface area contributed by atoms with Crippen LogP contribution in [-0.2, 0) is 0 Å². The highest BCUT2D eigenvalue weighted by atomic mass is 32.1. The van der Waals surface area contributed by atoms with Crippen LogP contribution in [0.2, 0.25) is 0 Å². The number of fused-ring (bicyclic) bond motifs is 1. The van der Waals surface area contributed by atoms with E-state index in [-0.39, 0.29) is 5.91 Å². The molecule has 0 N–H and O–H groups in total. The molecule has 32 heavy (non-hydrogen) atoms. The molecule has 1 aliphatic rings. The topological polar surface area (TPSA) is 41.4 Å². The van der Waals surface area contributed by atoms with Gasteiger partial charge in [0, 0.05) is 37.3 Å². The Labute approximate surface area is 192 Å². The predicted octanol–water partition coefficient (Wildman–Crippen LogP) is 5.28. The Morgan fingerprint density at radius 1 is 0.875 bits per heavy atom. The second-order valence-corrected chi connectivity index (χ2v) is 9.76. The zero-order valence-corrected chi connectivity index (χ0v) is 19.9. The number of carbonyl (C=O) groups excluding carboxylic acids is 1. The largest absolute Gasteiger partial charge is 0.368 e. The van der Waals surface area contributed by atoms with E-state index >= 15 is 0 Å². The summed E-state index contributed by atoms with van der Waals surface area (Å²) in [4.78, 5) is 19.5. The molecule has 2 aromatic heterocycles. The monoisotopic (exact) mass is 444 g/mol. The van der Waals surface area contributed by atoms with Crippen molar-refractivity contribution in [2.45, 2.75) is 27.7 Å². The van der Waals surface area contributed by atoms with E-state index in [0.29, 0.717) is 0 Å². The number of aryl methyl sites for hydroxylation is 4. The first kappa shape index (κ1) is 20.8. The fourth-order valence-electron chi connectivity index (χ4n) is 4.38. The molecular weight excluding hydrogens is 416 g/mol. The second kappa shape index (κ2) is 8.10. The summed E-state index contributed by atoms with van der Waals surface area (Å²) in [6.45, 7) is 11.6. The molecule has 2 aromatic carbocycles. The van der Waals surface area contributed by atoms with Gasteiger partial charge < -0.3 is 9.80 Å². The van der Waals surface area contributed by atoms with Crippen LogP contribution in [0.3, 0.4) is 0 Å². The molecule has 0 saturated carbocycles. The molecule has 0 atom stereocenters. The van der Waals surface area contributed by atoms with Crippen LogP contribution in [0.1, 0.15) is 32.1 Å². The lowest BCUT2D eigenvalue weighted by molar-refractivity contribution is 0.0751. The molecule has 3 heterocycles. The van der Waals surface area contributed by atoms with Gasteiger partial charge in [0.15, 0.2) is 0 Å². The number of hydrogen-bond acceptors (Lipinski definition) is 4. The summed E-state index contributed by atoms with van der Waals surface area (Å²) in [5.74, 6) is 0.127. The van der Waals surface area contributed by atoms with Gasteiger partial charge in [-0.25, -0.2) is 4.68 Å². The van der Waals surface area contributed by atoms with Crippen LogP contribution in [0.5, 0.6) is 0 Å². The fraction of sp³-hybridized carbons (Fsp3) is 0.308. The molecule has 1 fully saturated rings. The van der Waals surface area contributed by atoms with E-state index in [1.165, 1.54) is 22.4 Å². The third kappa shape index (κ3) is 3.69. The van der Waals surface area contributed by atoms with Crippen molar-refractivity contribution in [3.63, 3.8) is 0 Å². The molecular formula is C26H28N4OS. The Kier molecular flexibility index (Phi) is 5.25. The van der Waals surface area contributed by atoms with Crippen LogP contribution in [0.25, 0.3) is 15.9 Å². The van der Waals surface area contributed by atoms with Gasteiger partial charge >= 0.3 is 0 Å². The number of anilines is 1. The fourth-order valence-corrected chi connectivity index (χ4v) is 5.53. The maximum Gasteiger partial charge on any atom is 0.264 e. The summed E-state index contributed by atoms with van der Waals surface area (Å²) in [5.41, 5.74) is 7.04. The lowest BCUT2D eigenvalue weighted by Crippen LogP contribution is -2.48. The van der Waals surface area contributed by atoms with Gasteiger partial charge in [-0.1, -0.05) is 29.8 Å². The van der Waals surface area contributed by atoms with Gasteiger partial charge in [0.2, 0.25) is 0 Å². The first-order valence-corrected chi connectivity index (χ1v) is 11.9. The molecule has 1 amide bonds. The number of rotatable bonds is 3. The molecule has 4 aromatic rings. The normalized spacial score (nSPS) is 14.4. The number of piperazine rings is 1. The van der Waals surface area contributed by atoms with Crippen molar-refractivity contribution >= 4 is 33.1 Å². The average Bonchev–Trinajstić information content (AvgIpc) is 3.36. The standard InChI is InChI=1S/C26H28N4OS/c1-17-6-9-21(10-7-17)30-26-22(20(4)27-30)16-24(32-26)25(31)29-13-11-28(12-14-29)23-15-18(2)5-8-19(23)3/h5-10,15-16H,11-14H2,1-4H3. The van der Waals surface area contributed by atoms with Crippen molar-refractivity contribution in [1.29, 1.82) is 0 Å². The summed E-state index contributed by atoms with van der Waals surface area (Å²) >= 11 is 1.54. The number of benzene rings is 2. The molecule has 5 rings (SSSR count). The van der Waals surface area contributed by atoms with Gasteiger partial charge in [0.1, 0.15) is 4.83 Å². The van der Waals surface area contributed by atoms with Gasteiger partial charge in [-0.15, -0.1) is 11.3 Å². The number of amides is 1. The van der Waals surface area contributed by atoms with Crippen LogP contribution >= 0.6 is 11.3 Å². The molecule has 6 heteroatoms. The smallest absolute Gasteiger partial charge is 0.264 e. The number of nitrogens with zero attached hydrogens (tertiary/aromatic N) is 4. The zero-order valence-electron chi connectivity index (χ0n) is 19.1. The third-order valence-electron chi connectivity index (χ3n) is 6.31. The molecule has 1 aliphatic heterocycles. The first-order chi connectivity index (χ1) is 15.4. The lowest BCUT2D eigenvalue weighted by atomic mass is 10.1. The van der Waals surface area contributed by atoms with E-state index < -0.39 is 0 Å². The van der Waals surface area contributed by atoms with E-state index in [9.17, 15) is 4.79 Å². The maximum absolute atomic E-state index is 13.3. The summed E-state index contributed by atoms with van der Waals surface area (Å²) in [5, 5.41) is 5.78. The van der Waals surface area contributed by atoms with E-state index in [4.69, 9.17) is 5.10 Å². The van der Waals surface area contributed by atoms with Crippen molar-refractivity contribution in [1.82, 2.24) is 14.7 Å². The lowest BCUT2D eigenvalue weighted by Gasteiger charge is -2.36. The minimum Gasteiger partial charge on any atom is -0.368 e. The highest BCUT2D eigenvalue weighted by Gasteiger charge is 2.25. The zero-order chi connectivity index (χ0) is 22.4. The number of hydrogen-bond donors (Lipinski definition) is 0. The Morgan fingerprint density at radius 3 is 2.28 bits per heavy atom. The highest BCUT2D eigenvalue weighted by molar-refractivity contribution is 7.20. The molecule has 0 aliphatic carbocycles. The van der Waals surface area contributed by atoms with Crippen LogP contribution in [0.15, 0.2) is 48.5 Å². The first-order valence-electron chi connectivity index (χ1n) is 11.1.